The lowest BCUT2D eigenvalue weighted by Crippen LogP contribution is -2.33. The van der Waals surface area contributed by atoms with Gasteiger partial charge in [0, 0.05) is 6.42 Å². The predicted molar refractivity (Wildman–Crippen MR) is 75.2 cm³/mol. The second-order valence-corrected chi connectivity index (χ2v) is 5.45. The highest BCUT2D eigenvalue weighted by molar-refractivity contribution is 5.49. The third-order valence-corrected chi connectivity index (χ3v) is 3.32. The van der Waals surface area contributed by atoms with E-state index in [1.165, 1.54) is 0 Å². The zero-order chi connectivity index (χ0) is 14.4. The van der Waals surface area contributed by atoms with Gasteiger partial charge in [-0.1, -0.05) is 30.3 Å². The van der Waals surface area contributed by atoms with E-state index >= 15 is 0 Å². The lowest BCUT2D eigenvalue weighted by molar-refractivity contribution is -0.158. The number of hydrogen-bond acceptors (Lipinski definition) is 4. The van der Waals surface area contributed by atoms with Gasteiger partial charge in [-0.3, -0.25) is 0 Å². The highest BCUT2D eigenvalue weighted by Crippen LogP contribution is 2.27. The van der Waals surface area contributed by atoms with Gasteiger partial charge in [-0.05, 0) is 25.8 Å². The van der Waals surface area contributed by atoms with Crippen LogP contribution in [0.1, 0.15) is 32.3 Å². The van der Waals surface area contributed by atoms with E-state index in [1.807, 2.05) is 44.2 Å². The van der Waals surface area contributed by atoms with Gasteiger partial charge >= 0.3 is 0 Å². The second kappa shape index (κ2) is 6.97. The van der Waals surface area contributed by atoms with E-state index in [9.17, 15) is 4.79 Å². The minimum Gasteiger partial charge on any atom is -0.371 e. The molecule has 1 aliphatic heterocycles. The summed E-state index contributed by atoms with van der Waals surface area (Å²) in [5.41, 5.74) is 1.11. The summed E-state index contributed by atoms with van der Waals surface area (Å²) in [7, 11) is 0. The van der Waals surface area contributed by atoms with Crippen LogP contribution in [0.25, 0.3) is 0 Å². The van der Waals surface area contributed by atoms with E-state index in [-0.39, 0.29) is 12.2 Å². The largest absolute Gasteiger partial charge is 0.371 e. The fourth-order valence-corrected chi connectivity index (χ4v) is 2.28. The maximum Gasteiger partial charge on any atom is 0.163 e. The first-order valence-corrected chi connectivity index (χ1v) is 7.02. The van der Waals surface area contributed by atoms with Gasteiger partial charge in [-0.25, -0.2) is 0 Å². The predicted octanol–water partition coefficient (Wildman–Crippen LogP) is 2.70. The van der Waals surface area contributed by atoms with Crippen LogP contribution in [0.4, 0.5) is 0 Å². The van der Waals surface area contributed by atoms with Crippen molar-refractivity contribution in [1.29, 1.82) is 0 Å². The molecule has 1 saturated heterocycles. The Labute approximate surface area is 120 Å². The van der Waals surface area contributed by atoms with Crippen LogP contribution in [-0.2, 0) is 25.6 Å². The molecule has 2 rings (SSSR count). The Morgan fingerprint density at radius 2 is 2.15 bits per heavy atom. The summed E-state index contributed by atoms with van der Waals surface area (Å²) in [6.07, 6.45) is 1.80. The zero-order valence-electron chi connectivity index (χ0n) is 12.1. The molecule has 110 valence electrons. The third kappa shape index (κ3) is 4.40. The van der Waals surface area contributed by atoms with Crippen molar-refractivity contribution in [2.24, 2.45) is 0 Å². The van der Waals surface area contributed by atoms with Crippen LogP contribution in [0, 0.1) is 0 Å². The highest BCUT2D eigenvalue weighted by atomic mass is 16.7. The van der Waals surface area contributed by atoms with Crippen LogP contribution in [0.2, 0.25) is 0 Å². The van der Waals surface area contributed by atoms with Crippen LogP contribution in [0.15, 0.2) is 30.3 Å². The van der Waals surface area contributed by atoms with Crippen molar-refractivity contribution in [1.82, 2.24) is 0 Å². The standard InChI is InChI=1S/C16H22O4/c1-16(2)19-12-15(20-16)14(9-6-10-17)18-11-13-7-4-3-5-8-13/h3-5,7-8,10,14-15H,6,9,11-12H2,1-2H3. The third-order valence-electron chi connectivity index (χ3n) is 3.32. The van der Waals surface area contributed by atoms with Gasteiger partial charge < -0.3 is 19.0 Å². The summed E-state index contributed by atoms with van der Waals surface area (Å²) in [5.74, 6) is -0.569. The quantitative estimate of drug-likeness (QED) is 0.719. The molecule has 0 N–H and O–H groups in total. The monoisotopic (exact) mass is 278 g/mol. The Hall–Kier alpha value is -1.23. The van der Waals surface area contributed by atoms with E-state index in [1.54, 1.807) is 0 Å². The average Bonchev–Trinajstić information content (AvgIpc) is 2.80. The molecule has 1 aromatic rings. The molecule has 1 aromatic carbocycles. The van der Waals surface area contributed by atoms with Gasteiger partial charge in [-0.15, -0.1) is 0 Å². The summed E-state index contributed by atoms with van der Waals surface area (Å²) in [6, 6.07) is 9.98. The maximum atomic E-state index is 10.6. The maximum absolute atomic E-state index is 10.6. The number of ether oxygens (including phenoxy) is 3. The molecule has 1 heterocycles. The summed E-state index contributed by atoms with van der Waals surface area (Å²) in [4.78, 5) is 10.6. The highest BCUT2D eigenvalue weighted by Gasteiger charge is 2.37. The van der Waals surface area contributed by atoms with E-state index < -0.39 is 5.79 Å². The van der Waals surface area contributed by atoms with E-state index in [0.29, 0.717) is 26.1 Å². The average molecular weight is 278 g/mol. The lowest BCUT2D eigenvalue weighted by atomic mass is 10.1. The van der Waals surface area contributed by atoms with Crippen LogP contribution >= 0.6 is 0 Å². The molecule has 1 fully saturated rings. The molecule has 0 aliphatic carbocycles. The van der Waals surface area contributed by atoms with Gasteiger partial charge in [-0.2, -0.15) is 0 Å². The molecule has 0 radical (unpaired) electrons. The van der Waals surface area contributed by atoms with Gasteiger partial charge in [0.25, 0.3) is 0 Å². The first kappa shape index (κ1) is 15.2. The molecule has 20 heavy (non-hydrogen) atoms. The van der Waals surface area contributed by atoms with Crippen molar-refractivity contribution in [3.8, 4) is 0 Å². The normalized spacial score (nSPS) is 22.6. The Morgan fingerprint density at radius 1 is 1.40 bits per heavy atom. The van der Waals surface area contributed by atoms with E-state index in [0.717, 1.165) is 11.8 Å². The summed E-state index contributed by atoms with van der Waals surface area (Å²) >= 11 is 0. The van der Waals surface area contributed by atoms with Gasteiger partial charge in [0.15, 0.2) is 5.79 Å². The first-order chi connectivity index (χ1) is 9.61. The molecule has 1 aliphatic rings. The van der Waals surface area contributed by atoms with Gasteiger partial charge in [0.1, 0.15) is 12.4 Å². The Kier molecular flexibility index (Phi) is 5.29. The van der Waals surface area contributed by atoms with Crippen LogP contribution in [0.3, 0.4) is 0 Å². The molecule has 4 nitrogen and oxygen atoms in total. The molecule has 0 spiro atoms. The summed E-state index contributed by atoms with van der Waals surface area (Å²) in [6.45, 7) is 4.80. The number of carbonyl (C=O) groups excluding carboxylic acids is 1. The molecular formula is C16H22O4. The molecule has 2 atom stereocenters. The molecule has 0 bridgehead atoms. The first-order valence-electron chi connectivity index (χ1n) is 7.02. The molecule has 2 unspecified atom stereocenters. The minimum atomic E-state index is -0.569. The Morgan fingerprint density at radius 3 is 2.75 bits per heavy atom. The van der Waals surface area contributed by atoms with Crippen LogP contribution in [-0.4, -0.2) is 30.9 Å². The lowest BCUT2D eigenvalue weighted by Gasteiger charge is -2.24. The topological polar surface area (TPSA) is 44.8 Å². The van der Waals surface area contributed by atoms with Crippen molar-refractivity contribution in [2.45, 2.75) is 51.3 Å². The fourth-order valence-electron chi connectivity index (χ4n) is 2.28. The van der Waals surface area contributed by atoms with Crippen LogP contribution < -0.4 is 0 Å². The smallest absolute Gasteiger partial charge is 0.163 e. The summed E-state index contributed by atoms with van der Waals surface area (Å²) in [5, 5.41) is 0. The fraction of sp³-hybridized carbons (Fsp3) is 0.562. The molecule has 4 heteroatoms. The van der Waals surface area contributed by atoms with E-state index in [2.05, 4.69) is 0 Å². The van der Waals surface area contributed by atoms with Crippen molar-refractivity contribution in [2.75, 3.05) is 6.61 Å². The van der Waals surface area contributed by atoms with Gasteiger partial charge in [0.05, 0.1) is 19.3 Å². The minimum absolute atomic E-state index is 0.117. The van der Waals surface area contributed by atoms with Crippen molar-refractivity contribution in [3.05, 3.63) is 35.9 Å². The molecule has 0 saturated carbocycles. The number of hydrogen-bond donors (Lipinski definition) is 0. The van der Waals surface area contributed by atoms with Crippen molar-refractivity contribution >= 4 is 6.29 Å². The van der Waals surface area contributed by atoms with Gasteiger partial charge in [0.2, 0.25) is 0 Å². The second-order valence-electron chi connectivity index (χ2n) is 5.45. The van der Waals surface area contributed by atoms with Crippen molar-refractivity contribution in [3.63, 3.8) is 0 Å². The number of carbonyl (C=O) groups is 1. The number of rotatable bonds is 7. The number of benzene rings is 1. The van der Waals surface area contributed by atoms with E-state index in [4.69, 9.17) is 14.2 Å². The Balaban J connectivity index is 1.92. The Bertz CT molecular complexity index is 416. The summed E-state index contributed by atoms with van der Waals surface area (Å²) < 4.78 is 17.4. The zero-order valence-corrected chi connectivity index (χ0v) is 12.1. The molecule has 0 aromatic heterocycles. The number of aldehydes is 1. The molecular weight excluding hydrogens is 256 g/mol. The molecule has 0 amide bonds. The van der Waals surface area contributed by atoms with Crippen molar-refractivity contribution < 1.29 is 19.0 Å². The SMILES string of the molecule is CC1(C)OCC(C(CCC=O)OCc2ccccc2)O1. The van der Waals surface area contributed by atoms with Crippen LogP contribution in [0.5, 0.6) is 0 Å².